The van der Waals surface area contributed by atoms with Crippen molar-refractivity contribution in [2.45, 2.75) is 44.4 Å². The van der Waals surface area contributed by atoms with Crippen LogP contribution in [0.25, 0.3) is 0 Å². The van der Waals surface area contributed by atoms with E-state index in [-0.39, 0.29) is 42.5 Å². The highest BCUT2D eigenvalue weighted by atomic mass is 16.5. The number of carbonyl (C=O) groups is 6. The molecular formula is C26H23N3O7. The van der Waals surface area contributed by atoms with Gasteiger partial charge in [0.05, 0.1) is 11.1 Å². The number of esters is 1. The van der Waals surface area contributed by atoms with Crippen molar-refractivity contribution in [2.75, 3.05) is 0 Å². The molecule has 2 N–H and O–H groups in total. The quantitative estimate of drug-likeness (QED) is 0.339. The van der Waals surface area contributed by atoms with Crippen LogP contribution in [0.1, 0.15) is 57.5 Å². The average Bonchev–Trinajstić information content (AvgIpc) is 3.69. The highest BCUT2D eigenvalue weighted by Crippen LogP contribution is 2.37. The highest BCUT2D eigenvalue weighted by Gasteiger charge is 2.61. The van der Waals surface area contributed by atoms with Crippen molar-refractivity contribution in [3.63, 3.8) is 0 Å². The lowest BCUT2D eigenvalue weighted by Crippen LogP contribution is -2.68. The van der Waals surface area contributed by atoms with Gasteiger partial charge in [0.2, 0.25) is 17.4 Å². The van der Waals surface area contributed by atoms with E-state index in [0.717, 1.165) is 12.8 Å². The number of hydrogen-bond donors (Lipinski definition) is 2. The molecule has 0 spiro atoms. The second kappa shape index (κ2) is 9.03. The van der Waals surface area contributed by atoms with Crippen molar-refractivity contribution in [3.8, 4) is 0 Å². The molecule has 1 atom stereocenters. The fourth-order valence-electron chi connectivity index (χ4n) is 4.56. The summed E-state index contributed by atoms with van der Waals surface area (Å²) in [5, 5.41) is 4.86. The number of imide groups is 2. The summed E-state index contributed by atoms with van der Waals surface area (Å²) >= 11 is 0. The van der Waals surface area contributed by atoms with E-state index >= 15 is 0 Å². The number of ether oxygens (including phenoxy) is 1. The van der Waals surface area contributed by atoms with E-state index in [1.54, 1.807) is 42.5 Å². The van der Waals surface area contributed by atoms with Gasteiger partial charge in [0.25, 0.3) is 17.7 Å². The van der Waals surface area contributed by atoms with Crippen LogP contribution in [0.3, 0.4) is 0 Å². The SMILES string of the molecule is O=C1CC[C@@](C(=O)OCc2ccccc2)(N2C(=O)c3cccc(CNC(=O)C4CC4)c3C2=O)C(=O)N1. The first-order chi connectivity index (χ1) is 17.3. The first-order valence-electron chi connectivity index (χ1n) is 11.7. The molecule has 2 fully saturated rings. The number of hydrogen-bond acceptors (Lipinski definition) is 7. The Morgan fingerprint density at radius 2 is 1.75 bits per heavy atom. The van der Waals surface area contributed by atoms with E-state index in [9.17, 15) is 28.8 Å². The number of amides is 5. The highest BCUT2D eigenvalue weighted by molar-refractivity contribution is 6.28. The van der Waals surface area contributed by atoms with Gasteiger partial charge in [0, 0.05) is 18.9 Å². The van der Waals surface area contributed by atoms with Gasteiger partial charge in [-0.05, 0) is 36.5 Å². The predicted molar refractivity (Wildman–Crippen MR) is 123 cm³/mol. The lowest BCUT2D eigenvalue weighted by molar-refractivity contribution is -0.165. The summed E-state index contributed by atoms with van der Waals surface area (Å²) < 4.78 is 5.41. The normalized spacial score (nSPS) is 21.2. The fraction of sp³-hybridized carbons (Fsp3) is 0.308. The first kappa shape index (κ1) is 23.4. The van der Waals surface area contributed by atoms with E-state index in [4.69, 9.17) is 4.74 Å². The van der Waals surface area contributed by atoms with Gasteiger partial charge in [-0.3, -0.25) is 29.3 Å². The van der Waals surface area contributed by atoms with Crippen LogP contribution in [0.4, 0.5) is 0 Å². The first-order valence-corrected chi connectivity index (χ1v) is 11.7. The number of benzene rings is 2. The topological polar surface area (TPSA) is 139 Å². The van der Waals surface area contributed by atoms with Crippen molar-refractivity contribution < 1.29 is 33.5 Å². The maximum atomic E-state index is 13.6. The third-order valence-corrected chi connectivity index (χ3v) is 6.68. The monoisotopic (exact) mass is 489 g/mol. The van der Waals surface area contributed by atoms with E-state index in [2.05, 4.69) is 10.6 Å². The zero-order chi connectivity index (χ0) is 25.4. The maximum absolute atomic E-state index is 13.6. The fourth-order valence-corrected chi connectivity index (χ4v) is 4.56. The third kappa shape index (κ3) is 3.94. The minimum absolute atomic E-state index is 0.0121. The molecule has 0 unspecified atom stereocenters. The Bertz CT molecular complexity index is 1300. The van der Waals surface area contributed by atoms with Crippen molar-refractivity contribution in [1.82, 2.24) is 15.5 Å². The zero-order valence-corrected chi connectivity index (χ0v) is 19.2. The van der Waals surface area contributed by atoms with Crippen LogP contribution in [-0.4, -0.2) is 45.9 Å². The average molecular weight is 489 g/mol. The van der Waals surface area contributed by atoms with Gasteiger partial charge in [-0.1, -0.05) is 42.5 Å². The van der Waals surface area contributed by atoms with Gasteiger partial charge in [-0.2, -0.15) is 0 Å². The molecule has 1 aliphatic carbocycles. The Labute approximate surface area is 206 Å². The Morgan fingerprint density at radius 1 is 1.00 bits per heavy atom. The number of rotatable bonds is 7. The van der Waals surface area contributed by atoms with Crippen LogP contribution >= 0.6 is 0 Å². The molecule has 2 aromatic carbocycles. The van der Waals surface area contributed by atoms with Gasteiger partial charge in [0.15, 0.2) is 0 Å². The molecule has 184 valence electrons. The molecule has 0 bridgehead atoms. The predicted octanol–water partition coefficient (Wildman–Crippen LogP) is 1.23. The van der Waals surface area contributed by atoms with Crippen LogP contribution < -0.4 is 10.6 Å². The van der Waals surface area contributed by atoms with Gasteiger partial charge >= 0.3 is 5.97 Å². The Morgan fingerprint density at radius 3 is 2.44 bits per heavy atom. The number of nitrogens with one attached hydrogen (secondary N) is 2. The Kier molecular flexibility index (Phi) is 5.87. The second-order valence-corrected chi connectivity index (χ2v) is 9.08. The molecule has 2 aliphatic heterocycles. The largest absolute Gasteiger partial charge is 0.459 e. The lowest BCUT2D eigenvalue weighted by Gasteiger charge is -2.38. The van der Waals surface area contributed by atoms with Crippen LogP contribution in [-0.2, 0) is 37.1 Å². The maximum Gasteiger partial charge on any atom is 0.342 e. The smallest absolute Gasteiger partial charge is 0.342 e. The standard InChI is InChI=1S/C26H23N3O7/c30-19-11-12-26(24(34)28-19,25(35)36-14-15-5-2-1-3-6-15)29-22(32)18-8-4-7-17(20(18)23(29)33)13-27-21(31)16-9-10-16/h1-8,16H,9-14H2,(H,27,31)(H,28,30,34)/t26-/m1/s1. The summed E-state index contributed by atoms with van der Waals surface area (Å²) in [6.07, 6.45) is 0.963. The Hall–Kier alpha value is -4.34. The molecule has 36 heavy (non-hydrogen) atoms. The molecule has 1 saturated carbocycles. The zero-order valence-electron chi connectivity index (χ0n) is 19.2. The van der Waals surface area contributed by atoms with E-state index in [0.29, 0.717) is 16.0 Å². The molecule has 2 heterocycles. The lowest BCUT2D eigenvalue weighted by atomic mass is 9.86. The van der Waals surface area contributed by atoms with Crippen LogP contribution in [0.5, 0.6) is 0 Å². The number of nitrogens with zero attached hydrogens (tertiary/aromatic N) is 1. The van der Waals surface area contributed by atoms with Crippen LogP contribution in [0, 0.1) is 5.92 Å². The van der Waals surface area contributed by atoms with Crippen molar-refractivity contribution >= 4 is 35.5 Å². The molecule has 1 saturated heterocycles. The Balaban J connectivity index is 1.47. The second-order valence-electron chi connectivity index (χ2n) is 9.08. The minimum atomic E-state index is -2.34. The molecular weight excluding hydrogens is 466 g/mol. The van der Waals surface area contributed by atoms with Gasteiger partial charge in [-0.15, -0.1) is 0 Å². The third-order valence-electron chi connectivity index (χ3n) is 6.68. The van der Waals surface area contributed by atoms with E-state index in [1.165, 1.54) is 6.07 Å². The van der Waals surface area contributed by atoms with Gasteiger partial charge in [0.1, 0.15) is 6.61 Å². The summed E-state index contributed by atoms with van der Waals surface area (Å²) in [5.41, 5.74) is -1.28. The summed E-state index contributed by atoms with van der Waals surface area (Å²) in [7, 11) is 0. The molecule has 5 amide bonds. The van der Waals surface area contributed by atoms with Crippen molar-refractivity contribution in [2.24, 2.45) is 5.92 Å². The molecule has 5 rings (SSSR count). The van der Waals surface area contributed by atoms with E-state index < -0.39 is 41.6 Å². The molecule has 10 heteroatoms. The number of carbonyl (C=O) groups excluding carboxylic acids is 6. The summed E-state index contributed by atoms with van der Waals surface area (Å²) in [4.78, 5) is 78.3. The van der Waals surface area contributed by atoms with Crippen molar-refractivity contribution in [3.05, 3.63) is 70.8 Å². The summed E-state index contributed by atoms with van der Waals surface area (Å²) in [6, 6.07) is 13.3. The van der Waals surface area contributed by atoms with E-state index in [1.807, 2.05) is 0 Å². The summed E-state index contributed by atoms with van der Waals surface area (Å²) in [5.74, 6) is -4.68. The number of fused-ring (bicyclic) bond motifs is 1. The number of piperidine rings is 1. The molecule has 10 nitrogen and oxygen atoms in total. The van der Waals surface area contributed by atoms with Crippen LogP contribution in [0.2, 0.25) is 0 Å². The molecule has 2 aromatic rings. The summed E-state index contributed by atoms with van der Waals surface area (Å²) in [6.45, 7) is -0.175. The van der Waals surface area contributed by atoms with Gasteiger partial charge in [-0.25, -0.2) is 9.69 Å². The molecule has 3 aliphatic rings. The van der Waals surface area contributed by atoms with Crippen LogP contribution in [0.15, 0.2) is 48.5 Å². The molecule has 0 radical (unpaired) electrons. The van der Waals surface area contributed by atoms with Crippen molar-refractivity contribution in [1.29, 1.82) is 0 Å². The van der Waals surface area contributed by atoms with Gasteiger partial charge < -0.3 is 10.1 Å². The molecule has 0 aromatic heterocycles. The minimum Gasteiger partial charge on any atom is -0.459 e.